The number of nitrogens with zero attached hydrogens (tertiary/aromatic N) is 1. The molecule has 0 aliphatic rings. The minimum absolute atomic E-state index is 0.115. The van der Waals surface area contributed by atoms with E-state index >= 15 is 0 Å². The van der Waals surface area contributed by atoms with Crippen LogP contribution in [0.15, 0.2) is 59.8 Å². The molecule has 0 saturated carbocycles. The number of carbonyl (C=O) groups is 1. The first kappa shape index (κ1) is 15.6. The second-order valence-corrected chi connectivity index (χ2v) is 4.72. The van der Waals surface area contributed by atoms with E-state index in [4.69, 9.17) is 9.94 Å². The molecule has 0 saturated heterocycles. The van der Waals surface area contributed by atoms with Crippen LogP contribution in [0.3, 0.4) is 0 Å². The van der Waals surface area contributed by atoms with Gasteiger partial charge in [-0.25, -0.2) is 0 Å². The molecule has 0 spiro atoms. The van der Waals surface area contributed by atoms with Crippen LogP contribution in [0.4, 0.5) is 5.69 Å². The van der Waals surface area contributed by atoms with Gasteiger partial charge in [0, 0.05) is 5.69 Å². The Bertz CT molecular complexity index is 637. The smallest absolute Gasteiger partial charge is 0.227 e. The lowest BCUT2D eigenvalue weighted by Gasteiger charge is -2.08. The standard InChI is InChI=1S/C17H18N2O3/c1-13(19-21)14-7-9-15(10-8-14)18-17(20)11-12-22-16-5-3-2-4-6-16/h2-10,21H,11-12H2,1H3,(H,18,20)/b19-13+. The number of rotatable bonds is 6. The van der Waals surface area contributed by atoms with Crippen molar-refractivity contribution in [3.8, 4) is 5.75 Å². The third kappa shape index (κ3) is 4.63. The molecule has 2 aromatic rings. The number of hydrogen-bond acceptors (Lipinski definition) is 4. The molecule has 0 bridgehead atoms. The molecule has 114 valence electrons. The van der Waals surface area contributed by atoms with Crippen molar-refractivity contribution in [1.82, 2.24) is 0 Å². The number of hydrogen-bond donors (Lipinski definition) is 2. The Labute approximate surface area is 129 Å². The van der Waals surface area contributed by atoms with Crippen molar-refractivity contribution in [1.29, 1.82) is 0 Å². The van der Waals surface area contributed by atoms with Gasteiger partial charge in [-0.1, -0.05) is 35.5 Å². The average molecular weight is 298 g/mol. The number of anilines is 1. The molecule has 0 aliphatic carbocycles. The summed E-state index contributed by atoms with van der Waals surface area (Å²) in [6.45, 7) is 2.03. The molecule has 5 nitrogen and oxygen atoms in total. The molecule has 0 atom stereocenters. The van der Waals surface area contributed by atoms with E-state index in [0.29, 0.717) is 18.0 Å². The van der Waals surface area contributed by atoms with E-state index in [1.165, 1.54) is 0 Å². The van der Waals surface area contributed by atoms with Gasteiger partial charge in [0.25, 0.3) is 0 Å². The Morgan fingerprint density at radius 3 is 2.45 bits per heavy atom. The molecule has 2 aromatic carbocycles. The third-order valence-electron chi connectivity index (χ3n) is 3.08. The number of oxime groups is 1. The highest BCUT2D eigenvalue weighted by atomic mass is 16.5. The van der Waals surface area contributed by atoms with Crippen LogP contribution in [-0.4, -0.2) is 23.4 Å². The van der Waals surface area contributed by atoms with Gasteiger partial charge in [-0.3, -0.25) is 4.79 Å². The zero-order valence-electron chi connectivity index (χ0n) is 12.3. The lowest BCUT2D eigenvalue weighted by Crippen LogP contribution is -2.15. The summed E-state index contributed by atoms with van der Waals surface area (Å²) in [5, 5.41) is 14.6. The van der Waals surface area contributed by atoms with Gasteiger partial charge in [0.1, 0.15) is 5.75 Å². The van der Waals surface area contributed by atoms with Gasteiger partial charge in [0.15, 0.2) is 0 Å². The number of carbonyl (C=O) groups excluding carboxylic acids is 1. The van der Waals surface area contributed by atoms with Gasteiger partial charge in [0.2, 0.25) is 5.91 Å². The number of amides is 1. The fourth-order valence-electron chi connectivity index (χ4n) is 1.85. The van der Waals surface area contributed by atoms with Crippen LogP contribution in [0.5, 0.6) is 5.75 Å². The van der Waals surface area contributed by atoms with Gasteiger partial charge in [-0.15, -0.1) is 0 Å². The van der Waals surface area contributed by atoms with Crippen molar-refractivity contribution < 1.29 is 14.7 Å². The zero-order chi connectivity index (χ0) is 15.8. The van der Waals surface area contributed by atoms with Crippen molar-refractivity contribution in [2.75, 3.05) is 11.9 Å². The lowest BCUT2D eigenvalue weighted by molar-refractivity contribution is -0.116. The van der Waals surface area contributed by atoms with Crippen LogP contribution in [-0.2, 0) is 4.79 Å². The van der Waals surface area contributed by atoms with E-state index in [1.807, 2.05) is 30.3 Å². The van der Waals surface area contributed by atoms with Gasteiger partial charge in [0.05, 0.1) is 18.7 Å². The minimum Gasteiger partial charge on any atom is -0.493 e. The second-order valence-electron chi connectivity index (χ2n) is 4.72. The number of para-hydroxylation sites is 1. The van der Waals surface area contributed by atoms with Crippen LogP contribution in [0, 0.1) is 0 Å². The molecule has 1 amide bonds. The molecule has 2 N–H and O–H groups in total. The molecule has 5 heteroatoms. The maximum absolute atomic E-state index is 11.8. The summed E-state index contributed by atoms with van der Waals surface area (Å²) >= 11 is 0. The first-order valence-corrected chi connectivity index (χ1v) is 6.96. The lowest BCUT2D eigenvalue weighted by atomic mass is 10.1. The minimum atomic E-state index is -0.115. The first-order valence-electron chi connectivity index (χ1n) is 6.96. The van der Waals surface area contributed by atoms with Crippen molar-refractivity contribution in [2.24, 2.45) is 5.16 Å². The SMILES string of the molecule is C/C(=N\O)c1ccc(NC(=O)CCOc2ccccc2)cc1. The van der Waals surface area contributed by atoms with Crippen LogP contribution in [0.25, 0.3) is 0 Å². The monoisotopic (exact) mass is 298 g/mol. The molecule has 2 rings (SSSR count). The van der Waals surface area contributed by atoms with Crippen molar-refractivity contribution in [2.45, 2.75) is 13.3 Å². The Morgan fingerprint density at radius 1 is 1.14 bits per heavy atom. The van der Waals surface area contributed by atoms with E-state index in [1.54, 1.807) is 31.2 Å². The Hall–Kier alpha value is -2.82. The molecule has 0 fully saturated rings. The largest absolute Gasteiger partial charge is 0.493 e. The van der Waals surface area contributed by atoms with Crippen molar-refractivity contribution in [3.63, 3.8) is 0 Å². The van der Waals surface area contributed by atoms with Crippen molar-refractivity contribution in [3.05, 3.63) is 60.2 Å². The highest BCUT2D eigenvalue weighted by Gasteiger charge is 2.04. The summed E-state index contributed by atoms with van der Waals surface area (Å²) in [4.78, 5) is 11.8. The molecular formula is C17H18N2O3. The van der Waals surface area contributed by atoms with E-state index < -0.39 is 0 Å². The first-order chi connectivity index (χ1) is 10.7. The number of nitrogens with one attached hydrogen (secondary N) is 1. The van der Waals surface area contributed by atoms with Crippen LogP contribution < -0.4 is 10.1 Å². The van der Waals surface area contributed by atoms with E-state index in [-0.39, 0.29) is 12.3 Å². The number of benzene rings is 2. The quantitative estimate of drug-likeness (QED) is 0.488. The third-order valence-corrected chi connectivity index (χ3v) is 3.08. The van der Waals surface area contributed by atoms with E-state index in [0.717, 1.165) is 11.3 Å². The molecule has 0 aromatic heterocycles. The predicted molar refractivity (Wildman–Crippen MR) is 85.6 cm³/mol. The normalized spacial score (nSPS) is 11.0. The summed E-state index contributed by atoms with van der Waals surface area (Å²) in [6, 6.07) is 16.5. The predicted octanol–water partition coefficient (Wildman–Crippen LogP) is 3.29. The fraction of sp³-hybridized carbons (Fsp3) is 0.176. The van der Waals surface area contributed by atoms with Gasteiger partial charge >= 0.3 is 0 Å². The summed E-state index contributed by atoms with van der Waals surface area (Å²) < 4.78 is 5.48. The van der Waals surface area contributed by atoms with Gasteiger partial charge in [-0.05, 0) is 36.8 Å². The Balaban J connectivity index is 1.79. The van der Waals surface area contributed by atoms with Crippen LogP contribution in [0.1, 0.15) is 18.9 Å². The molecule has 0 heterocycles. The zero-order valence-corrected chi connectivity index (χ0v) is 12.3. The van der Waals surface area contributed by atoms with Crippen molar-refractivity contribution >= 4 is 17.3 Å². The van der Waals surface area contributed by atoms with Gasteiger partial charge in [-0.2, -0.15) is 0 Å². The Morgan fingerprint density at radius 2 is 1.82 bits per heavy atom. The maximum atomic E-state index is 11.8. The van der Waals surface area contributed by atoms with Crippen LogP contribution in [0.2, 0.25) is 0 Å². The summed E-state index contributed by atoms with van der Waals surface area (Å²) in [7, 11) is 0. The molecular weight excluding hydrogens is 280 g/mol. The topological polar surface area (TPSA) is 70.9 Å². The van der Waals surface area contributed by atoms with Crippen LogP contribution >= 0.6 is 0 Å². The summed E-state index contributed by atoms with van der Waals surface area (Å²) in [5.74, 6) is 0.634. The van der Waals surface area contributed by atoms with Gasteiger partial charge < -0.3 is 15.3 Å². The molecule has 22 heavy (non-hydrogen) atoms. The second kappa shape index (κ2) is 7.83. The summed E-state index contributed by atoms with van der Waals surface area (Å²) in [5.41, 5.74) is 2.02. The average Bonchev–Trinajstić information content (AvgIpc) is 2.56. The number of ether oxygens (including phenoxy) is 1. The van der Waals surface area contributed by atoms with E-state index in [9.17, 15) is 4.79 Å². The maximum Gasteiger partial charge on any atom is 0.227 e. The molecule has 0 aliphatic heterocycles. The highest BCUT2D eigenvalue weighted by molar-refractivity contribution is 5.99. The molecule has 0 unspecified atom stereocenters. The highest BCUT2D eigenvalue weighted by Crippen LogP contribution is 2.12. The Kier molecular flexibility index (Phi) is 5.54. The fourth-order valence-corrected chi connectivity index (χ4v) is 1.85. The van der Waals surface area contributed by atoms with E-state index in [2.05, 4.69) is 10.5 Å². The summed E-state index contributed by atoms with van der Waals surface area (Å²) in [6.07, 6.45) is 0.272. The molecule has 0 radical (unpaired) electrons.